The van der Waals surface area contributed by atoms with E-state index in [-0.39, 0.29) is 42.2 Å². The molecule has 3 rings (SSSR count). The summed E-state index contributed by atoms with van der Waals surface area (Å²) in [6, 6.07) is 15.3. The first-order valence-electron chi connectivity index (χ1n) is 8.18. The lowest BCUT2D eigenvalue weighted by molar-refractivity contribution is 0.592. The molecule has 1 aliphatic rings. The third-order valence-electron chi connectivity index (χ3n) is 4.14. The molecular weight excluding hydrogens is 463 g/mol. The highest BCUT2D eigenvalue weighted by Crippen LogP contribution is 2.29. The fourth-order valence-electron chi connectivity index (χ4n) is 2.81. The summed E-state index contributed by atoms with van der Waals surface area (Å²) in [6.07, 6.45) is 0.746. The van der Waals surface area contributed by atoms with Gasteiger partial charge >= 0.3 is 0 Å². The van der Waals surface area contributed by atoms with Crippen molar-refractivity contribution in [1.29, 1.82) is 0 Å². The normalized spacial score (nSPS) is 13.9. The van der Waals surface area contributed by atoms with E-state index in [1.807, 2.05) is 55.5 Å². The van der Waals surface area contributed by atoms with Crippen molar-refractivity contribution in [3.63, 3.8) is 0 Å². The number of halogens is 1. The zero-order chi connectivity index (χ0) is 17.9. The third kappa shape index (κ3) is 4.88. The number of guanidine groups is 1. The van der Waals surface area contributed by atoms with Crippen LogP contribution in [0, 0.1) is 6.92 Å². The van der Waals surface area contributed by atoms with E-state index in [2.05, 4.69) is 10.3 Å². The van der Waals surface area contributed by atoms with Gasteiger partial charge in [-0.2, -0.15) is 0 Å². The fraction of sp³-hybridized carbons (Fsp3) is 0.278. The number of benzene rings is 2. The van der Waals surface area contributed by atoms with Crippen molar-refractivity contribution in [2.45, 2.75) is 13.3 Å². The number of aryl methyl sites for hydroxylation is 1. The van der Waals surface area contributed by atoms with Crippen molar-refractivity contribution in [1.82, 2.24) is 0 Å². The number of sulfonamides is 1. The van der Waals surface area contributed by atoms with Gasteiger partial charge in [-0.3, -0.25) is 9.30 Å². The Kier molecular flexibility index (Phi) is 6.87. The molecule has 1 aliphatic heterocycles. The highest BCUT2D eigenvalue weighted by molar-refractivity contribution is 14.0. The Labute approximate surface area is 171 Å². The molecule has 0 atom stereocenters. The van der Waals surface area contributed by atoms with Gasteiger partial charge in [0.1, 0.15) is 0 Å². The topological polar surface area (TPSA) is 87.8 Å². The van der Waals surface area contributed by atoms with Crippen LogP contribution in [0.5, 0.6) is 0 Å². The number of nitrogens with two attached hydrogens (primary N) is 1. The molecule has 3 N–H and O–H groups in total. The Morgan fingerprint density at radius 1 is 1.19 bits per heavy atom. The highest BCUT2D eigenvalue weighted by atomic mass is 127. The second kappa shape index (κ2) is 8.72. The molecule has 26 heavy (non-hydrogen) atoms. The molecule has 6 nitrogen and oxygen atoms in total. The van der Waals surface area contributed by atoms with Crippen molar-refractivity contribution in [2.24, 2.45) is 10.7 Å². The number of para-hydroxylation sites is 1. The van der Waals surface area contributed by atoms with E-state index in [0.717, 1.165) is 28.9 Å². The van der Waals surface area contributed by atoms with Crippen molar-refractivity contribution in [3.05, 3.63) is 59.7 Å². The van der Waals surface area contributed by atoms with Crippen LogP contribution in [-0.2, 0) is 16.4 Å². The zero-order valence-corrected chi connectivity index (χ0v) is 17.7. The lowest BCUT2D eigenvalue weighted by atomic mass is 10.2. The molecule has 0 aliphatic carbocycles. The number of fused-ring (bicyclic) bond motifs is 1. The van der Waals surface area contributed by atoms with Gasteiger partial charge in [-0.25, -0.2) is 8.42 Å². The van der Waals surface area contributed by atoms with E-state index in [0.29, 0.717) is 6.54 Å². The first-order valence-corrected chi connectivity index (χ1v) is 9.78. The molecule has 0 amide bonds. The Bertz CT molecular complexity index is 882. The van der Waals surface area contributed by atoms with Crippen LogP contribution in [-0.4, -0.2) is 33.2 Å². The molecule has 1 heterocycles. The van der Waals surface area contributed by atoms with Crippen molar-refractivity contribution < 1.29 is 8.42 Å². The van der Waals surface area contributed by atoms with Crippen LogP contribution in [0.4, 0.5) is 11.4 Å². The predicted octanol–water partition coefficient (Wildman–Crippen LogP) is 2.73. The first-order chi connectivity index (χ1) is 12.0. The van der Waals surface area contributed by atoms with Crippen LogP contribution in [0.1, 0.15) is 11.1 Å². The van der Waals surface area contributed by atoms with Gasteiger partial charge in [0.25, 0.3) is 0 Å². The summed E-state index contributed by atoms with van der Waals surface area (Å²) >= 11 is 0. The number of nitrogens with one attached hydrogen (secondary N) is 1. The number of aliphatic imine (C=N–C) groups is 1. The summed E-state index contributed by atoms with van der Waals surface area (Å²) in [5.74, 6) is 0.137. The number of rotatable bonds is 5. The molecule has 0 aromatic heterocycles. The molecule has 0 saturated carbocycles. The van der Waals surface area contributed by atoms with E-state index in [1.165, 1.54) is 4.31 Å². The smallest absolute Gasteiger partial charge is 0.237 e. The highest BCUT2D eigenvalue weighted by Gasteiger charge is 2.28. The minimum absolute atomic E-state index is 0. The van der Waals surface area contributed by atoms with Crippen LogP contribution < -0.4 is 15.4 Å². The summed E-state index contributed by atoms with van der Waals surface area (Å²) in [5, 5.41) is 2.96. The van der Waals surface area contributed by atoms with Crippen molar-refractivity contribution in [2.75, 3.05) is 28.5 Å². The maximum absolute atomic E-state index is 12.6. The summed E-state index contributed by atoms with van der Waals surface area (Å²) in [4.78, 5) is 4.13. The predicted molar refractivity (Wildman–Crippen MR) is 118 cm³/mol. The summed E-state index contributed by atoms with van der Waals surface area (Å²) in [6.45, 7) is 2.61. The molecule has 0 unspecified atom stereocenters. The lowest BCUT2D eigenvalue weighted by Gasteiger charge is -2.18. The first kappa shape index (κ1) is 20.5. The molecule has 0 radical (unpaired) electrons. The van der Waals surface area contributed by atoms with Crippen molar-refractivity contribution >= 4 is 51.3 Å². The maximum Gasteiger partial charge on any atom is 0.237 e. The van der Waals surface area contributed by atoms with Crippen LogP contribution in [0.15, 0.2) is 53.5 Å². The van der Waals surface area contributed by atoms with Gasteiger partial charge in [-0.05, 0) is 37.1 Å². The van der Waals surface area contributed by atoms with Gasteiger partial charge in [-0.15, -0.1) is 24.0 Å². The minimum Gasteiger partial charge on any atom is -0.370 e. The van der Waals surface area contributed by atoms with Gasteiger partial charge in [-0.1, -0.05) is 35.9 Å². The van der Waals surface area contributed by atoms with Crippen molar-refractivity contribution in [3.8, 4) is 0 Å². The van der Waals surface area contributed by atoms with E-state index in [4.69, 9.17) is 5.73 Å². The molecule has 140 valence electrons. The van der Waals surface area contributed by atoms with E-state index >= 15 is 0 Å². The number of hydrogen-bond acceptors (Lipinski definition) is 3. The van der Waals surface area contributed by atoms with Crippen LogP contribution in [0.25, 0.3) is 0 Å². The molecule has 0 bridgehead atoms. The number of hydrogen-bond donors (Lipinski definition) is 2. The molecule has 0 fully saturated rings. The molecular formula is C18H23IN4O2S. The second-order valence-corrected chi connectivity index (χ2v) is 8.04. The zero-order valence-electron chi connectivity index (χ0n) is 14.6. The van der Waals surface area contributed by atoms with Gasteiger partial charge in [0.2, 0.25) is 10.0 Å². The monoisotopic (exact) mass is 486 g/mol. The summed E-state index contributed by atoms with van der Waals surface area (Å²) < 4.78 is 26.6. The summed E-state index contributed by atoms with van der Waals surface area (Å²) in [5.41, 5.74) is 9.65. The Balaban J connectivity index is 0.00000243. The van der Waals surface area contributed by atoms with Crippen LogP contribution in [0.3, 0.4) is 0 Å². The van der Waals surface area contributed by atoms with Gasteiger partial charge in [0.15, 0.2) is 5.96 Å². The quantitative estimate of drug-likeness (QED) is 0.387. The van der Waals surface area contributed by atoms with E-state index < -0.39 is 10.0 Å². The van der Waals surface area contributed by atoms with Gasteiger partial charge in [0, 0.05) is 12.2 Å². The fourth-order valence-corrected chi connectivity index (χ4v) is 4.20. The second-order valence-electron chi connectivity index (χ2n) is 6.02. The Morgan fingerprint density at radius 3 is 2.62 bits per heavy atom. The Hall–Kier alpha value is -1.81. The molecule has 2 aromatic rings. The molecule has 0 saturated heterocycles. The minimum atomic E-state index is -3.40. The Morgan fingerprint density at radius 2 is 1.88 bits per heavy atom. The van der Waals surface area contributed by atoms with E-state index in [9.17, 15) is 8.42 Å². The number of anilines is 2. The molecule has 2 aromatic carbocycles. The van der Waals surface area contributed by atoms with Gasteiger partial charge < -0.3 is 11.1 Å². The standard InChI is InChI=1S/C18H22N4O2S.HI/c1-14-6-8-16(9-7-14)21-18(19)20-11-13-25(23,24)22-12-10-15-4-2-3-5-17(15)22;/h2-9H,10-13H2,1H3,(H3,19,20,21);1H. The molecule has 8 heteroatoms. The number of nitrogens with zero attached hydrogens (tertiary/aromatic N) is 2. The SMILES string of the molecule is Cc1ccc(NC(N)=NCCS(=O)(=O)N2CCc3ccccc32)cc1.I. The average molecular weight is 486 g/mol. The average Bonchev–Trinajstić information content (AvgIpc) is 3.02. The largest absolute Gasteiger partial charge is 0.370 e. The lowest BCUT2D eigenvalue weighted by Crippen LogP contribution is -2.33. The van der Waals surface area contributed by atoms with Gasteiger partial charge in [0.05, 0.1) is 18.0 Å². The van der Waals surface area contributed by atoms with E-state index in [1.54, 1.807) is 0 Å². The van der Waals surface area contributed by atoms with Crippen LogP contribution in [0.2, 0.25) is 0 Å². The summed E-state index contributed by atoms with van der Waals surface area (Å²) in [7, 11) is -3.40. The maximum atomic E-state index is 12.6. The molecule has 0 spiro atoms. The van der Waals surface area contributed by atoms with Crippen LogP contribution >= 0.6 is 24.0 Å². The third-order valence-corrected chi connectivity index (χ3v) is 5.89.